The maximum atomic E-state index is 2.00. The van der Waals surface area contributed by atoms with Gasteiger partial charge in [-0.15, -0.1) is 0 Å². The van der Waals surface area contributed by atoms with Gasteiger partial charge in [0.1, 0.15) is 0 Å². The summed E-state index contributed by atoms with van der Waals surface area (Å²) in [6.07, 6.45) is 0. The molecule has 0 aromatic heterocycles. The van der Waals surface area contributed by atoms with Crippen LogP contribution in [0.2, 0.25) is 0 Å². The molecule has 0 saturated carbocycles. The van der Waals surface area contributed by atoms with Crippen LogP contribution >= 0.6 is 0 Å². The molecule has 0 atom stereocenters. The van der Waals surface area contributed by atoms with Gasteiger partial charge in [-0.3, -0.25) is 0 Å². The summed E-state index contributed by atoms with van der Waals surface area (Å²) in [6.45, 7) is 0. The molecule has 0 nitrogen and oxygen atoms in total. The molecule has 0 bridgehead atoms. The zero-order valence-corrected chi connectivity index (χ0v) is 13.8. The topological polar surface area (TPSA) is 0 Å². The molecule has 0 aliphatic rings. The van der Waals surface area contributed by atoms with Gasteiger partial charge in [-0.25, -0.2) is 24.3 Å². The van der Waals surface area contributed by atoms with Gasteiger partial charge in [-0.2, -0.15) is 36.4 Å². The van der Waals surface area contributed by atoms with Crippen LogP contribution in [0.4, 0.5) is 0 Å². The Balaban J connectivity index is -0.000000125. The van der Waals surface area contributed by atoms with Crippen LogP contribution in [0.5, 0.6) is 0 Å². The van der Waals surface area contributed by atoms with Crippen LogP contribution in [-0.4, -0.2) is 0 Å². The second-order valence-corrected chi connectivity index (χ2v) is 1.92. The molecule has 0 saturated heterocycles. The summed E-state index contributed by atoms with van der Waals surface area (Å²) in [4.78, 5) is 0. The molecule has 0 aliphatic carbocycles. The van der Waals surface area contributed by atoms with Crippen LogP contribution in [-0.2, 0) is 25.8 Å². The molecule has 0 radical (unpaired) electrons. The van der Waals surface area contributed by atoms with Crippen molar-refractivity contribution < 1.29 is 59.8 Å². The fourth-order valence-corrected chi connectivity index (χ4v) is 0.642. The van der Waals surface area contributed by atoms with Gasteiger partial charge in [0.05, 0.1) is 0 Å². The van der Waals surface area contributed by atoms with Crippen LogP contribution in [0, 0.1) is 0 Å². The molecule has 13 heavy (non-hydrogen) atoms. The fourth-order valence-electron chi connectivity index (χ4n) is 0.642. The zero-order valence-electron chi connectivity index (χ0n) is 7.03. The van der Waals surface area contributed by atoms with E-state index in [4.69, 9.17) is 0 Å². The summed E-state index contributed by atoms with van der Waals surface area (Å²) < 4.78 is 0. The Hall–Kier alpha value is 0.530. The average molecular weight is 468 g/mol. The quantitative estimate of drug-likeness (QED) is 0.283. The minimum atomic E-state index is 0. The molecule has 68 valence electrons. The van der Waals surface area contributed by atoms with Crippen molar-refractivity contribution in [3.8, 4) is 0 Å². The second kappa shape index (κ2) is 15.0. The molecule has 0 unspecified atom stereocenters. The first-order valence-electron chi connectivity index (χ1n) is 3.33. The molecule has 3 heteroatoms. The molecule has 0 heterocycles. The van der Waals surface area contributed by atoms with Gasteiger partial charge in [-0.05, 0) is 0 Å². The minimum absolute atomic E-state index is 0. The number of rotatable bonds is 0. The Bertz CT molecular complexity index is 152. The fraction of sp³-hybridized carbons (Fsp3) is 0. The Labute approximate surface area is 119 Å². The van der Waals surface area contributed by atoms with Crippen LogP contribution in [0.3, 0.4) is 0 Å². The van der Waals surface area contributed by atoms with Gasteiger partial charge >= 0.3 is 25.8 Å². The molecule has 0 N–H and O–H groups in total. The number of hydrogen-bond acceptors (Lipinski definition) is 0. The standard InChI is InChI=1S/2C5H5.2BrH.Hf/c2*1-2-4-5-3-1;;;/h2*1-5H;2*1H;/q2*-1;;;+4/p-2. The SMILES string of the molecule is [Br-].[Br-].[Hf+4].c1cc[cH-]c1.c1cc[cH-]c1. The van der Waals surface area contributed by atoms with E-state index in [1.807, 2.05) is 60.7 Å². The first-order valence-corrected chi connectivity index (χ1v) is 3.33. The summed E-state index contributed by atoms with van der Waals surface area (Å²) in [5.74, 6) is 0. The Morgan fingerprint density at radius 3 is 0.846 bits per heavy atom. The molecule has 2 aromatic carbocycles. The van der Waals surface area contributed by atoms with E-state index in [2.05, 4.69) is 0 Å². The van der Waals surface area contributed by atoms with Crippen molar-refractivity contribution in [2.75, 3.05) is 0 Å². The van der Waals surface area contributed by atoms with Crippen LogP contribution in [0.1, 0.15) is 0 Å². The van der Waals surface area contributed by atoms with Crippen molar-refractivity contribution in [2.45, 2.75) is 0 Å². The molecule has 2 aromatic rings. The van der Waals surface area contributed by atoms with E-state index in [1.165, 1.54) is 0 Å². The summed E-state index contributed by atoms with van der Waals surface area (Å²) >= 11 is 0. The maximum Gasteiger partial charge on any atom is 4.00 e. The van der Waals surface area contributed by atoms with Crippen molar-refractivity contribution >= 4 is 0 Å². The summed E-state index contributed by atoms with van der Waals surface area (Å²) in [7, 11) is 0. The molecule has 2 rings (SSSR count). The number of hydrogen-bond donors (Lipinski definition) is 0. The van der Waals surface area contributed by atoms with E-state index in [-0.39, 0.29) is 59.8 Å². The van der Waals surface area contributed by atoms with Crippen molar-refractivity contribution in [2.24, 2.45) is 0 Å². The third kappa shape index (κ3) is 12.5. The molecular weight excluding hydrogens is 458 g/mol. The average Bonchev–Trinajstić information content (AvgIpc) is 2.67. The van der Waals surface area contributed by atoms with Gasteiger partial charge < -0.3 is 34.0 Å². The molecular formula is C10H10Br2Hf. The van der Waals surface area contributed by atoms with Crippen molar-refractivity contribution in [3.05, 3.63) is 60.7 Å². The van der Waals surface area contributed by atoms with Gasteiger partial charge in [-0.1, -0.05) is 0 Å². The summed E-state index contributed by atoms with van der Waals surface area (Å²) in [6, 6.07) is 20.0. The van der Waals surface area contributed by atoms with E-state index in [0.29, 0.717) is 0 Å². The maximum absolute atomic E-state index is 2.00. The Kier molecular flexibility index (Phi) is 22.1. The summed E-state index contributed by atoms with van der Waals surface area (Å²) in [5, 5.41) is 0. The molecule has 0 amide bonds. The largest absolute Gasteiger partial charge is 4.00 e. The molecule has 0 aliphatic heterocycles. The van der Waals surface area contributed by atoms with Gasteiger partial charge in [0.25, 0.3) is 0 Å². The second-order valence-electron chi connectivity index (χ2n) is 1.92. The van der Waals surface area contributed by atoms with E-state index in [0.717, 1.165) is 0 Å². The van der Waals surface area contributed by atoms with Crippen molar-refractivity contribution in [1.82, 2.24) is 0 Å². The van der Waals surface area contributed by atoms with Crippen LogP contribution < -0.4 is 34.0 Å². The monoisotopic (exact) mass is 468 g/mol. The minimum Gasteiger partial charge on any atom is -1.00 e. The van der Waals surface area contributed by atoms with Gasteiger partial charge in [0.2, 0.25) is 0 Å². The van der Waals surface area contributed by atoms with Crippen LogP contribution in [0.15, 0.2) is 60.7 Å². The van der Waals surface area contributed by atoms with E-state index in [9.17, 15) is 0 Å². The van der Waals surface area contributed by atoms with E-state index >= 15 is 0 Å². The van der Waals surface area contributed by atoms with Gasteiger partial charge in [0.15, 0.2) is 0 Å². The van der Waals surface area contributed by atoms with Crippen LogP contribution in [0.25, 0.3) is 0 Å². The molecule has 0 spiro atoms. The van der Waals surface area contributed by atoms with E-state index in [1.54, 1.807) is 0 Å². The third-order valence-electron chi connectivity index (χ3n) is 1.11. The predicted octanol–water partition coefficient (Wildman–Crippen LogP) is -3.18. The Morgan fingerprint density at radius 2 is 0.769 bits per heavy atom. The van der Waals surface area contributed by atoms with Gasteiger partial charge in [0, 0.05) is 0 Å². The van der Waals surface area contributed by atoms with Crippen molar-refractivity contribution in [1.29, 1.82) is 0 Å². The first kappa shape index (κ1) is 19.2. The zero-order chi connectivity index (χ0) is 7.07. The van der Waals surface area contributed by atoms with Crippen molar-refractivity contribution in [3.63, 3.8) is 0 Å². The number of halogens is 2. The molecule has 0 fully saturated rings. The predicted molar refractivity (Wildman–Crippen MR) is 44.1 cm³/mol. The van der Waals surface area contributed by atoms with E-state index < -0.39 is 0 Å². The first-order chi connectivity index (χ1) is 5.00. The third-order valence-corrected chi connectivity index (χ3v) is 1.11. The normalized spacial score (nSPS) is 6.15. The smallest absolute Gasteiger partial charge is 1.00 e. The Morgan fingerprint density at radius 1 is 0.538 bits per heavy atom. The summed E-state index contributed by atoms with van der Waals surface area (Å²) in [5.41, 5.74) is 0.